The van der Waals surface area contributed by atoms with Crippen molar-refractivity contribution in [1.82, 2.24) is 0 Å². The Hall–Kier alpha value is -0.773. The van der Waals surface area contributed by atoms with Gasteiger partial charge in [0, 0.05) is 14.5 Å². The van der Waals surface area contributed by atoms with Crippen LogP contribution in [0.3, 0.4) is 0 Å². The molecule has 0 fully saturated rings. The maximum atomic E-state index is 10.1. The standard InChI is InChI=1S/C9H18O3Si/c1-8(12-9(10)11)6-5-7-13(2,3)4/h1,5-7H2,2-4H3,(H,10,11). The maximum Gasteiger partial charge on any atom is 0.510 e. The van der Waals surface area contributed by atoms with Crippen LogP contribution in [0.2, 0.25) is 25.7 Å². The van der Waals surface area contributed by atoms with Gasteiger partial charge < -0.3 is 9.84 Å². The molecule has 0 aliphatic carbocycles. The Morgan fingerprint density at radius 2 is 2.00 bits per heavy atom. The van der Waals surface area contributed by atoms with Crippen molar-refractivity contribution in [3.05, 3.63) is 12.3 Å². The van der Waals surface area contributed by atoms with Crippen molar-refractivity contribution < 1.29 is 14.6 Å². The molecule has 1 N–H and O–H groups in total. The Bertz CT molecular complexity index is 194. The Labute approximate surface area is 80.4 Å². The van der Waals surface area contributed by atoms with E-state index in [0.717, 1.165) is 6.42 Å². The SMILES string of the molecule is C=C(CCC[Si](C)(C)C)OC(=O)O. The molecule has 4 heteroatoms. The minimum absolute atomic E-state index is 0.353. The molecule has 0 heterocycles. The van der Waals surface area contributed by atoms with Crippen LogP contribution in [0.1, 0.15) is 12.8 Å². The molecule has 3 nitrogen and oxygen atoms in total. The lowest BCUT2D eigenvalue weighted by molar-refractivity contribution is 0.116. The predicted molar refractivity (Wildman–Crippen MR) is 55.6 cm³/mol. The normalized spacial score (nSPS) is 11.0. The summed E-state index contributed by atoms with van der Waals surface area (Å²) in [6.07, 6.45) is 0.358. The Morgan fingerprint density at radius 1 is 1.46 bits per heavy atom. The topological polar surface area (TPSA) is 46.5 Å². The van der Waals surface area contributed by atoms with E-state index in [1.807, 2.05) is 0 Å². The van der Waals surface area contributed by atoms with Crippen LogP contribution in [-0.2, 0) is 4.74 Å². The smallest absolute Gasteiger partial charge is 0.449 e. The fourth-order valence-electron chi connectivity index (χ4n) is 0.990. The molecule has 0 bridgehead atoms. The Kier molecular flexibility index (Phi) is 4.76. The third kappa shape index (κ3) is 9.14. The Morgan fingerprint density at radius 3 is 2.38 bits per heavy atom. The van der Waals surface area contributed by atoms with Gasteiger partial charge in [-0.1, -0.05) is 32.3 Å². The number of hydrogen-bond acceptors (Lipinski definition) is 2. The molecule has 0 radical (unpaired) electrons. The van der Waals surface area contributed by atoms with Gasteiger partial charge in [0.2, 0.25) is 0 Å². The zero-order valence-electron chi connectivity index (χ0n) is 8.59. The first-order valence-corrected chi connectivity index (χ1v) is 8.10. The molecular weight excluding hydrogens is 184 g/mol. The van der Waals surface area contributed by atoms with E-state index in [4.69, 9.17) is 5.11 Å². The largest absolute Gasteiger partial charge is 0.510 e. The van der Waals surface area contributed by atoms with Crippen LogP contribution >= 0.6 is 0 Å². The Balaban J connectivity index is 3.54. The lowest BCUT2D eigenvalue weighted by Crippen LogP contribution is -2.18. The summed E-state index contributed by atoms with van der Waals surface area (Å²) in [4.78, 5) is 10.1. The zero-order valence-corrected chi connectivity index (χ0v) is 9.59. The van der Waals surface area contributed by atoms with Crippen LogP contribution in [0.25, 0.3) is 0 Å². The van der Waals surface area contributed by atoms with Gasteiger partial charge in [0.15, 0.2) is 0 Å². The molecule has 0 aromatic carbocycles. The summed E-state index contributed by atoms with van der Waals surface area (Å²) in [7, 11) is -1.01. The van der Waals surface area contributed by atoms with Crippen LogP contribution < -0.4 is 0 Å². The van der Waals surface area contributed by atoms with E-state index in [2.05, 4.69) is 31.0 Å². The number of ether oxygens (including phenoxy) is 1. The minimum atomic E-state index is -1.27. The van der Waals surface area contributed by atoms with Crippen LogP contribution in [0.4, 0.5) is 4.79 Å². The number of allylic oxidation sites excluding steroid dienone is 1. The summed E-state index contributed by atoms with van der Waals surface area (Å²) in [6.45, 7) is 10.4. The molecule has 0 saturated carbocycles. The highest BCUT2D eigenvalue weighted by molar-refractivity contribution is 6.76. The first kappa shape index (κ1) is 12.2. The summed E-state index contributed by atoms with van der Waals surface area (Å²) >= 11 is 0. The van der Waals surface area contributed by atoms with E-state index >= 15 is 0 Å². The molecule has 13 heavy (non-hydrogen) atoms. The number of carbonyl (C=O) groups is 1. The first-order valence-electron chi connectivity index (χ1n) is 4.40. The second-order valence-corrected chi connectivity index (χ2v) is 9.94. The second kappa shape index (κ2) is 5.06. The molecule has 0 aromatic rings. The fourth-order valence-corrected chi connectivity index (χ4v) is 2.23. The average Bonchev–Trinajstić information content (AvgIpc) is 1.81. The molecular formula is C9H18O3Si. The van der Waals surface area contributed by atoms with Crippen LogP contribution in [0.15, 0.2) is 12.3 Å². The summed E-state index contributed by atoms with van der Waals surface area (Å²) in [5.74, 6) is 0.353. The van der Waals surface area contributed by atoms with Gasteiger partial charge in [-0.2, -0.15) is 0 Å². The minimum Gasteiger partial charge on any atom is -0.449 e. The highest BCUT2D eigenvalue weighted by atomic mass is 28.3. The van der Waals surface area contributed by atoms with Crippen molar-refractivity contribution in [2.24, 2.45) is 0 Å². The van der Waals surface area contributed by atoms with E-state index in [-0.39, 0.29) is 0 Å². The van der Waals surface area contributed by atoms with E-state index in [0.29, 0.717) is 12.2 Å². The fraction of sp³-hybridized carbons (Fsp3) is 0.667. The summed E-state index contributed by atoms with van der Waals surface area (Å²) < 4.78 is 4.40. The van der Waals surface area contributed by atoms with Gasteiger partial charge in [0.05, 0.1) is 0 Å². The van der Waals surface area contributed by atoms with Gasteiger partial charge >= 0.3 is 6.16 Å². The van der Waals surface area contributed by atoms with Crippen molar-refractivity contribution in [2.45, 2.75) is 38.5 Å². The van der Waals surface area contributed by atoms with Crippen molar-refractivity contribution in [3.63, 3.8) is 0 Å². The lowest BCUT2D eigenvalue weighted by atomic mass is 10.3. The highest BCUT2D eigenvalue weighted by Crippen LogP contribution is 2.15. The van der Waals surface area contributed by atoms with Crippen LogP contribution in [0, 0.1) is 0 Å². The molecule has 0 aromatic heterocycles. The lowest BCUT2D eigenvalue weighted by Gasteiger charge is -2.15. The number of hydrogen-bond donors (Lipinski definition) is 1. The third-order valence-electron chi connectivity index (χ3n) is 1.61. The summed E-state index contributed by atoms with van der Waals surface area (Å²) in [5.41, 5.74) is 0. The highest BCUT2D eigenvalue weighted by Gasteiger charge is 2.12. The van der Waals surface area contributed by atoms with Crippen LogP contribution in [-0.4, -0.2) is 19.3 Å². The molecule has 0 spiro atoms. The maximum absolute atomic E-state index is 10.1. The molecule has 0 rings (SSSR count). The molecule has 0 amide bonds. The van der Waals surface area contributed by atoms with Crippen molar-refractivity contribution in [3.8, 4) is 0 Å². The average molecular weight is 202 g/mol. The molecule has 0 saturated heterocycles. The van der Waals surface area contributed by atoms with Crippen molar-refractivity contribution in [2.75, 3.05) is 0 Å². The van der Waals surface area contributed by atoms with Gasteiger partial charge in [0.25, 0.3) is 0 Å². The summed E-state index contributed by atoms with van der Waals surface area (Å²) in [5, 5.41) is 8.27. The quantitative estimate of drug-likeness (QED) is 0.422. The van der Waals surface area contributed by atoms with Gasteiger partial charge in [0.1, 0.15) is 5.76 Å². The van der Waals surface area contributed by atoms with Crippen molar-refractivity contribution in [1.29, 1.82) is 0 Å². The van der Waals surface area contributed by atoms with Gasteiger partial charge in [-0.15, -0.1) is 0 Å². The molecule has 76 valence electrons. The molecule has 0 aliphatic rings. The monoisotopic (exact) mass is 202 g/mol. The number of rotatable bonds is 5. The summed E-state index contributed by atoms with van der Waals surface area (Å²) in [6, 6.07) is 1.18. The van der Waals surface area contributed by atoms with E-state index in [1.54, 1.807) is 0 Å². The number of carboxylic acid groups (broad SMARTS) is 1. The van der Waals surface area contributed by atoms with Gasteiger partial charge in [-0.05, 0) is 6.42 Å². The van der Waals surface area contributed by atoms with Crippen molar-refractivity contribution >= 4 is 14.2 Å². The molecule has 0 unspecified atom stereocenters. The third-order valence-corrected chi connectivity index (χ3v) is 3.47. The zero-order chi connectivity index (χ0) is 10.5. The molecule has 0 aliphatic heterocycles. The van der Waals surface area contributed by atoms with E-state index in [1.165, 1.54) is 6.04 Å². The van der Waals surface area contributed by atoms with Crippen LogP contribution in [0.5, 0.6) is 0 Å². The molecule has 0 atom stereocenters. The predicted octanol–water partition coefficient (Wildman–Crippen LogP) is 3.31. The first-order chi connectivity index (χ1) is 5.81. The van der Waals surface area contributed by atoms with Gasteiger partial charge in [-0.25, -0.2) is 4.79 Å². The second-order valence-electron chi connectivity index (χ2n) is 4.32. The van der Waals surface area contributed by atoms with E-state index < -0.39 is 14.2 Å². The van der Waals surface area contributed by atoms with Gasteiger partial charge in [-0.3, -0.25) is 0 Å². The van der Waals surface area contributed by atoms with E-state index in [9.17, 15) is 4.79 Å².